The van der Waals surface area contributed by atoms with Crippen molar-refractivity contribution in [2.75, 3.05) is 0 Å². The summed E-state index contributed by atoms with van der Waals surface area (Å²) in [5, 5.41) is 34.0. The first-order valence-electron chi connectivity index (χ1n) is 14.4. The summed E-state index contributed by atoms with van der Waals surface area (Å²) in [4.78, 5) is 52.1. The van der Waals surface area contributed by atoms with Gasteiger partial charge in [0.15, 0.2) is 11.6 Å². The minimum Gasteiger partial charge on any atom is -0.456 e. The van der Waals surface area contributed by atoms with Crippen molar-refractivity contribution in [2.24, 2.45) is 39.4 Å². The number of allylic oxidation sites excluding steroid dienone is 2. The molecule has 1 unspecified atom stereocenters. The molecule has 4 aliphatic rings. The third-order valence-corrected chi connectivity index (χ3v) is 11.5. The van der Waals surface area contributed by atoms with E-state index in [1.165, 1.54) is 26.0 Å². The molecular formula is C32H46O8. The minimum absolute atomic E-state index is 0.0284. The molecule has 0 heterocycles. The highest BCUT2D eigenvalue weighted by Crippen LogP contribution is 2.74. The molecule has 9 atom stereocenters. The van der Waals surface area contributed by atoms with E-state index in [1.54, 1.807) is 13.8 Å². The summed E-state index contributed by atoms with van der Waals surface area (Å²) < 4.78 is 5.23. The maximum absolute atomic E-state index is 14.3. The SMILES string of the molecule is CC(=O)OC(C)(C)/C=C/C(=O)C(C)(O)[C@H]1[C@@H](O)C[C@@]2(C)[C@@H]3CC=C4[C@@H](C[C@H](O)C(=O)C4(C)C)[C@]3(C)C(=O)C[C@]12C. The van der Waals surface area contributed by atoms with Crippen LogP contribution in [-0.2, 0) is 23.9 Å². The lowest BCUT2D eigenvalue weighted by Gasteiger charge is -2.64. The largest absolute Gasteiger partial charge is 0.456 e. The first kappa shape index (κ1) is 30.8. The molecule has 0 aromatic carbocycles. The van der Waals surface area contributed by atoms with Gasteiger partial charge in [-0.3, -0.25) is 19.2 Å². The Balaban J connectivity index is 1.75. The number of carbonyl (C=O) groups excluding carboxylic acids is 4. The second kappa shape index (κ2) is 9.17. The van der Waals surface area contributed by atoms with E-state index in [-0.39, 0.29) is 36.2 Å². The third kappa shape index (κ3) is 4.11. The van der Waals surface area contributed by atoms with Gasteiger partial charge in [0.1, 0.15) is 23.1 Å². The Bertz CT molecular complexity index is 1210. The molecule has 4 aliphatic carbocycles. The molecule has 0 aliphatic heterocycles. The Morgan fingerprint density at radius 1 is 1.05 bits per heavy atom. The van der Waals surface area contributed by atoms with Crippen molar-refractivity contribution in [3.63, 3.8) is 0 Å². The van der Waals surface area contributed by atoms with E-state index < -0.39 is 62.7 Å². The average Bonchev–Trinajstić information content (AvgIpc) is 3.01. The van der Waals surface area contributed by atoms with Crippen LogP contribution >= 0.6 is 0 Å². The van der Waals surface area contributed by atoms with Crippen LogP contribution in [0.1, 0.15) is 88.0 Å². The van der Waals surface area contributed by atoms with Gasteiger partial charge in [-0.2, -0.15) is 0 Å². The van der Waals surface area contributed by atoms with E-state index in [0.717, 1.165) is 5.57 Å². The fourth-order valence-corrected chi connectivity index (χ4v) is 9.40. The van der Waals surface area contributed by atoms with E-state index in [2.05, 4.69) is 13.0 Å². The lowest BCUT2D eigenvalue weighted by molar-refractivity contribution is -0.183. The predicted molar refractivity (Wildman–Crippen MR) is 148 cm³/mol. The molecule has 40 heavy (non-hydrogen) atoms. The van der Waals surface area contributed by atoms with Crippen molar-refractivity contribution < 1.29 is 39.2 Å². The quantitative estimate of drug-likeness (QED) is 0.265. The number of Topliss-reactive ketones (excluding diaryl/α,β-unsaturated/α-hetero) is 2. The van der Waals surface area contributed by atoms with E-state index in [0.29, 0.717) is 12.8 Å². The summed E-state index contributed by atoms with van der Waals surface area (Å²) in [6.07, 6.45) is 3.55. The molecule has 8 heteroatoms. The van der Waals surface area contributed by atoms with E-state index in [4.69, 9.17) is 4.74 Å². The van der Waals surface area contributed by atoms with Crippen molar-refractivity contribution in [3.05, 3.63) is 23.8 Å². The minimum atomic E-state index is -1.99. The zero-order valence-corrected chi connectivity index (χ0v) is 25.3. The van der Waals surface area contributed by atoms with Gasteiger partial charge in [-0.1, -0.05) is 32.4 Å². The highest BCUT2D eigenvalue weighted by Gasteiger charge is 2.74. The molecule has 8 nitrogen and oxygen atoms in total. The number of rotatable bonds is 5. The Hall–Kier alpha value is -2.16. The lowest BCUT2D eigenvalue weighted by atomic mass is 9.38. The van der Waals surface area contributed by atoms with E-state index in [1.807, 2.05) is 27.7 Å². The summed E-state index contributed by atoms with van der Waals surface area (Å²) in [6, 6.07) is 0. The lowest BCUT2D eigenvalue weighted by Crippen LogP contribution is -2.65. The number of aliphatic hydroxyl groups excluding tert-OH is 2. The third-order valence-electron chi connectivity index (χ3n) is 11.5. The average molecular weight is 559 g/mol. The maximum Gasteiger partial charge on any atom is 0.303 e. The molecule has 0 bridgehead atoms. The van der Waals surface area contributed by atoms with Gasteiger partial charge < -0.3 is 20.1 Å². The number of fused-ring (bicyclic) bond motifs is 5. The summed E-state index contributed by atoms with van der Waals surface area (Å²) in [5.41, 5.74) is -5.43. The number of carbonyl (C=O) groups is 4. The Morgan fingerprint density at radius 3 is 2.23 bits per heavy atom. The second-order valence-electron chi connectivity index (χ2n) is 14.8. The molecule has 3 saturated carbocycles. The highest BCUT2D eigenvalue weighted by atomic mass is 16.6. The van der Waals surface area contributed by atoms with Gasteiger partial charge in [-0.15, -0.1) is 0 Å². The first-order chi connectivity index (χ1) is 18.1. The molecule has 0 saturated heterocycles. The van der Waals surface area contributed by atoms with Crippen LogP contribution < -0.4 is 0 Å². The van der Waals surface area contributed by atoms with E-state index in [9.17, 15) is 34.5 Å². The van der Waals surface area contributed by atoms with Crippen molar-refractivity contribution in [3.8, 4) is 0 Å². The van der Waals surface area contributed by atoms with Crippen molar-refractivity contribution in [1.82, 2.24) is 0 Å². The summed E-state index contributed by atoms with van der Waals surface area (Å²) in [5.74, 6) is -2.85. The van der Waals surface area contributed by atoms with Gasteiger partial charge in [-0.05, 0) is 88.7 Å². The van der Waals surface area contributed by atoms with Gasteiger partial charge >= 0.3 is 5.97 Å². The smallest absolute Gasteiger partial charge is 0.303 e. The molecular weight excluding hydrogens is 512 g/mol. The number of aliphatic hydroxyl groups is 3. The van der Waals surface area contributed by atoms with Crippen LogP contribution in [0.2, 0.25) is 0 Å². The number of ketones is 3. The van der Waals surface area contributed by atoms with Crippen LogP contribution in [0.4, 0.5) is 0 Å². The fraction of sp³-hybridized carbons (Fsp3) is 0.750. The van der Waals surface area contributed by atoms with Gasteiger partial charge in [0.05, 0.1) is 6.10 Å². The van der Waals surface area contributed by atoms with Crippen molar-refractivity contribution >= 4 is 23.3 Å². The van der Waals surface area contributed by atoms with Crippen LogP contribution in [0.15, 0.2) is 23.8 Å². The van der Waals surface area contributed by atoms with Crippen LogP contribution in [-0.4, -0.2) is 62.0 Å². The summed E-state index contributed by atoms with van der Waals surface area (Å²) in [6.45, 7) is 15.4. The Labute approximate surface area is 237 Å². The molecule has 0 aromatic rings. The van der Waals surface area contributed by atoms with Crippen LogP contribution in [0, 0.1) is 39.4 Å². The van der Waals surface area contributed by atoms with Gasteiger partial charge in [0, 0.05) is 30.1 Å². The second-order valence-corrected chi connectivity index (χ2v) is 14.8. The number of esters is 1. The molecule has 0 spiro atoms. The molecule has 0 aromatic heterocycles. The Kier molecular flexibility index (Phi) is 7.06. The van der Waals surface area contributed by atoms with Gasteiger partial charge in [0.25, 0.3) is 0 Å². The van der Waals surface area contributed by atoms with Crippen molar-refractivity contribution in [1.29, 1.82) is 0 Å². The zero-order valence-electron chi connectivity index (χ0n) is 25.3. The molecule has 3 fully saturated rings. The number of hydrogen-bond acceptors (Lipinski definition) is 8. The number of hydrogen-bond donors (Lipinski definition) is 3. The zero-order chi connectivity index (χ0) is 30.4. The van der Waals surface area contributed by atoms with Gasteiger partial charge in [0.2, 0.25) is 0 Å². The number of ether oxygens (including phenoxy) is 1. The molecule has 3 N–H and O–H groups in total. The normalized spacial score (nSPS) is 42.4. The molecule has 222 valence electrons. The maximum atomic E-state index is 14.3. The van der Waals surface area contributed by atoms with Gasteiger partial charge in [-0.25, -0.2) is 0 Å². The summed E-state index contributed by atoms with van der Waals surface area (Å²) in [7, 11) is 0. The molecule has 0 radical (unpaired) electrons. The van der Waals surface area contributed by atoms with E-state index >= 15 is 0 Å². The topological polar surface area (TPSA) is 138 Å². The van der Waals surface area contributed by atoms with Crippen LogP contribution in [0.5, 0.6) is 0 Å². The fourth-order valence-electron chi connectivity index (χ4n) is 9.40. The molecule has 4 rings (SSSR count). The van der Waals surface area contributed by atoms with Crippen LogP contribution in [0.3, 0.4) is 0 Å². The highest BCUT2D eigenvalue weighted by molar-refractivity contribution is 5.98. The summed E-state index contributed by atoms with van der Waals surface area (Å²) >= 11 is 0. The first-order valence-corrected chi connectivity index (χ1v) is 14.4. The van der Waals surface area contributed by atoms with Crippen molar-refractivity contribution in [2.45, 2.75) is 111 Å². The monoisotopic (exact) mass is 558 g/mol. The molecule has 0 amide bonds. The van der Waals surface area contributed by atoms with Crippen LogP contribution in [0.25, 0.3) is 0 Å². The Morgan fingerprint density at radius 2 is 1.65 bits per heavy atom. The predicted octanol–water partition coefficient (Wildman–Crippen LogP) is 3.50. The standard InChI is InChI=1S/C32H46O8/c1-17(33)40-27(2,3)13-12-23(36)32(9,39)25-21(35)15-29(6)22-11-10-18-19(14-20(34)26(38)28(18,4)5)31(22,8)24(37)16-30(25,29)7/h10,12-13,19-22,25,34-35,39H,11,14-16H2,1-9H3/b13-12+/t19-,20+,21+,22+,25+,29+,30-,31+,32?/m1/s1.